The minimum Gasteiger partial charge on any atom is -0.462 e. The lowest BCUT2D eigenvalue weighted by atomic mass is 10.0. The monoisotopic (exact) mass is 919 g/mol. The molecule has 0 saturated carbocycles. The molecule has 65 heavy (non-hydrogen) atoms. The lowest BCUT2D eigenvalue weighted by molar-refractivity contribution is -0.167. The number of carbonyl (C=O) groups excluding carboxylic acids is 3. The van der Waals surface area contributed by atoms with Gasteiger partial charge >= 0.3 is 17.9 Å². The Bertz CT molecular complexity index is 967. The highest BCUT2D eigenvalue weighted by Crippen LogP contribution is 2.18. The zero-order valence-electron chi connectivity index (χ0n) is 44.3. The fourth-order valence-corrected chi connectivity index (χ4v) is 9.15. The first-order valence-electron chi connectivity index (χ1n) is 29.5. The molecule has 0 radical (unpaired) electrons. The minimum atomic E-state index is -0.761. The predicted octanol–water partition coefficient (Wildman–Crippen LogP) is 19.5. The fraction of sp³-hybridized carbons (Fsp3) is 0.949. The Hall–Kier alpha value is -1.59. The zero-order valence-corrected chi connectivity index (χ0v) is 44.3. The first-order chi connectivity index (χ1) is 32.0. The zero-order chi connectivity index (χ0) is 47.2. The molecule has 0 aliphatic carbocycles. The number of rotatable bonds is 55. The van der Waals surface area contributed by atoms with Gasteiger partial charge in [-0.25, -0.2) is 0 Å². The highest BCUT2D eigenvalue weighted by Gasteiger charge is 2.19. The molecule has 6 nitrogen and oxygen atoms in total. The molecule has 0 aliphatic rings. The standard InChI is InChI=1S/C59H114O6/c1-4-7-10-13-16-19-22-25-28-29-30-32-35-38-41-44-47-50-53-59(62)65-56(54-63-57(60)51-48-45-42-39-36-33-27-24-21-18-15-12-9-6-3)55-64-58(61)52-49-46-43-40-37-34-31-26-23-20-17-14-11-8-5-2/h56H,4-55H2,1-3H3/t56-/m1/s1. The van der Waals surface area contributed by atoms with E-state index in [1.807, 2.05) is 0 Å². The highest BCUT2D eigenvalue weighted by molar-refractivity contribution is 5.71. The molecule has 1 atom stereocenters. The van der Waals surface area contributed by atoms with Crippen molar-refractivity contribution in [2.75, 3.05) is 13.2 Å². The Morgan fingerprint density at radius 1 is 0.246 bits per heavy atom. The number of ether oxygens (including phenoxy) is 3. The summed E-state index contributed by atoms with van der Waals surface area (Å²) in [4.78, 5) is 38.1. The number of unbranched alkanes of at least 4 members (excludes halogenated alkanes) is 44. The summed E-state index contributed by atoms with van der Waals surface area (Å²) < 4.78 is 16.9. The van der Waals surface area contributed by atoms with Crippen LogP contribution in [0.25, 0.3) is 0 Å². The van der Waals surface area contributed by atoms with Gasteiger partial charge in [-0.2, -0.15) is 0 Å². The van der Waals surface area contributed by atoms with Crippen LogP contribution in [-0.4, -0.2) is 37.2 Å². The van der Waals surface area contributed by atoms with Crippen molar-refractivity contribution in [1.82, 2.24) is 0 Å². The molecule has 0 amide bonds. The molecule has 386 valence electrons. The van der Waals surface area contributed by atoms with E-state index in [4.69, 9.17) is 14.2 Å². The fourth-order valence-electron chi connectivity index (χ4n) is 9.15. The quantitative estimate of drug-likeness (QED) is 0.0344. The van der Waals surface area contributed by atoms with E-state index >= 15 is 0 Å². The number of esters is 3. The summed E-state index contributed by atoms with van der Waals surface area (Å²) in [6.45, 7) is 6.71. The van der Waals surface area contributed by atoms with Crippen molar-refractivity contribution in [3.8, 4) is 0 Å². The van der Waals surface area contributed by atoms with Gasteiger partial charge in [-0.15, -0.1) is 0 Å². The van der Waals surface area contributed by atoms with Crippen molar-refractivity contribution in [3.63, 3.8) is 0 Å². The smallest absolute Gasteiger partial charge is 0.306 e. The van der Waals surface area contributed by atoms with Gasteiger partial charge in [0, 0.05) is 19.3 Å². The van der Waals surface area contributed by atoms with Crippen LogP contribution < -0.4 is 0 Å². The van der Waals surface area contributed by atoms with Crippen LogP contribution in [0.5, 0.6) is 0 Å². The largest absolute Gasteiger partial charge is 0.462 e. The van der Waals surface area contributed by atoms with E-state index in [0.717, 1.165) is 57.8 Å². The summed E-state index contributed by atoms with van der Waals surface area (Å²) in [5, 5.41) is 0. The average Bonchev–Trinajstić information content (AvgIpc) is 3.30. The summed E-state index contributed by atoms with van der Waals surface area (Å²) in [5.41, 5.74) is 0. The lowest BCUT2D eigenvalue weighted by Gasteiger charge is -2.18. The maximum atomic E-state index is 12.9. The second kappa shape index (κ2) is 55.0. The topological polar surface area (TPSA) is 78.9 Å². The van der Waals surface area contributed by atoms with Crippen LogP contribution in [0.4, 0.5) is 0 Å². The molecule has 0 aromatic rings. The molecule has 0 fully saturated rings. The van der Waals surface area contributed by atoms with Crippen molar-refractivity contribution >= 4 is 17.9 Å². The summed E-state index contributed by atoms with van der Waals surface area (Å²) >= 11 is 0. The number of hydrogen-bond acceptors (Lipinski definition) is 6. The first kappa shape index (κ1) is 63.4. The number of hydrogen-bond donors (Lipinski definition) is 0. The van der Waals surface area contributed by atoms with Gasteiger partial charge in [-0.3, -0.25) is 14.4 Å². The van der Waals surface area contributed by atoms with Crippen molar-refractivity contribution in [2.24, 2.45) is 0 Å². The molecule has 0 rings (SSSR count). The average molecular weight is 920 g/mol. The molecular weight excluding hydrogens is 805 g/mol. The minimum absolute atomic E-state index is 0.0609. The third-order valence-electron chi connectivity index (χ3n) is 13.6. The van der Waals surface area contributed by atoms with Gasteiger partial charge < -0.3 is 14.2 Å². The van der Waals surface area contributed by atoms with Gasteiger partial charge in [0.25, 0.3) is 0 Å². The Balaban J connectivity index is 4.28. The molecular formula is C59H114O6. The van der Waals surface area contributed by atoms with E-state index in [1.165, 1.54) is 244 Å². The van der Waals surface area contributed by atoms with E-state index < -0.39 is 6.10 Å². The van der Waals surface area contributed by atoms with Crippen LogP contribution in [0.1, 0.15) is 342 Å². The molecule has 0 spiro atoms. The summed E-state index contributed by atoms with van der Waals surface area (Å²) in [6.07, 6.45) is 60.9. The van der Waals surface area contributed by atoms with Crippen molar-refractivity contribution in [1.29, 1.82) is 0 Å². The van der Waals surface area contributed by atoms with Crippen LogP contribution >= 0.6 is 0 Å². The van der Waals surface area contributed by atoms with E-state index in [1.54, 1.807) is 0 Å². The van der Waals surface area contributed by atoms with Crippen LogP contribution in [-0.2, 0) is 28.6 Å². The Morgan fingerprint density at radius 3 is 0.615 bits per heavy atom. The van der Waals surface area contributed by atoms with Crippen LogP contribution in [0.3, 0.4) is 0 Å². The van der Waals surface area contributed by atoms with Gasteiger partial charge in [0.15, 0.2) is 6.10 Å². The van der Waals surface area contributed by atoms with Gasteiger partial charge in [0.05, 0.1) is 0 Å². The summed E-state index contributed by atoms with van der Waals surface area (Å²) in [7, 11) is 0. The van der Waals surface area contributed by atoms with E-state index in [2.05, 4.69) is 20.8 Å². The molecule has 0 aromatic heterocycles. The van der Waals surface area contributed by atoms with Crippen LogP contribution in [0, 0.1) is 0 Å². The second-order valence-electron chi connectivity index (χ2n) is 20.3. The maximum absolute atomic E-state index is 12.9. The van der Waals surface area contributed by atoms with Gasteiger partial charge in [0.1, 0.15) is 13.2 Å². The van der Waals surface area contributed by atoms with Gasteiger partial charge in [-0.1, -0.05) is 303 Å². The third kappa shape index (κ3) is 53.2. The van der Waals surface area contributed by atoms with E-state index in [-0.39, 0.29) is 31.1 Å². The molecule has 0 aliphatic heterocycles. The molecule has 0 saturated heterocycles. The first-order valence-corrected chi connectivity index (χ1v) is 29.5. The third-order valence-corrected chi connectivity index (χ3v) is 13.6. The van der Waals surface area contributed by atoms with Crippen molar-refractivity contribution in [3.05, 3.63) is 0 Å². The molecule has 0 heterocycles. The van der Waals surface area contributed by atoms with Gasteiger partial charge in [0.2, 0.25) is 0 Å². The van der Waals surface area contributed by atoms with E-state index in [9.17, 15) is 14.4 Å². The Kier molecular flexibility index (Phi) is 53.7. The molecule has 0 unspecified atom stereocenters. The Morgan fingerprint density at radius 2 is 0.415 bits per heavy atom. The summed E-state index contributed by atoms with van der Waals surface area (Å²) in [6, 6.07) is 0. The lowest BCUT2D eigenvalue weighted by Crippen LogP contribution is -2.30. The van der Waals surface area contributed by atoms with Crippen molar-refractivity contribution < 1.29 is 28.6 Å². The van der Waals surface area contributed by atoms with E-state index in [0.29, 0.717) is 19.3 Å². The molecule has 0 aromatic carbocycles. The number of carbonyl (C=O) groups is 3. The predicted molar refractivity (Wildman–Crippen MR) is 280 cm³/mol. The normalized spacial score (nSPS) is 11.9. The molecule has 0 N–H and O–H groups in total. The molecule has 6 heteroatoms. The second-order valence-corrected chi connectivity index (χ2v) is 20.3. The maximum Gasteiger partial charge on any atom is 0.306 e. The summed E-state index contributed by atoms with van der Waals surface area (Å²) in [5.74, 6) is -0.830. The highest BCUT2D eigenvalue weighted by atomic mass is 16.6. The molecule has 0 bridgehead atoms. The Labute approximate surface area is 406 Å². The SMILES string of the molecule is CCCCCCCCCCCCCCCCCCCCC(=O)O[C@H](COC(=O)CCCCCCCCCCCCCCCC)COC(=O)CCCCCCCCCCCCCCCCC. The van der Waals surface area contributed by atoms with Gasteiger partial charge in [-0.05, 0) is 19.3 Å². The van der Waals surface area contributed by atoms with Crippen molar-refractivity contribution in [2.45, 2.75) is 348 Å². The van der Waals surface area contributed by atoms with Crippen LogP contribution in [0.2, 0.25) is 0 Å². The van der Waals surface area contributed by atoms with Crippen LogP contribution in [0.15, 0.2) is 0 Å².